The molecule has 0 heterocycles. The second-order valence-electron chi connectivity index (χ2n) is 8.63. The monoisotopic (exact) mass is 410 g/mol. The minimum atomic E-state index is -0.625. The minimum absolute atomic E-state index is 0.0449. The Balaban J connectivity index is 2.95. The fourth-order valence-corrected chi connectivity index (χ4v) is 3.33. The highest BCUT2D eigenvalue weighted by molar-refractivity contribution is 5.80. The van der Waals surface area contributed by atoms with Gasteiger partial charge < -0.3 is 14.2 Å². The Morgan fingerprint density at radius 2 is 1.76 bits per heavy atom. The van der Waals surface area contributed by atoms with Gasteiger partial charge in [0.1, 0.15) is 23.3 Å². The molecule has 0 saturated carbocycles. The summed E-state index contributed by atoms with van der Waals surface area (Å²) in [4.78, 5) is 24.6. The number of methoxy groups -OCH3 is 1. The predicted molar refractivity (Wildman–Crippen MR) is 110 cm³/mol. The number of hydrogen-bond donors (Lipinski definition) is 0. The van der Waals surface area contributed by atoms with E-state index in [0.29, 0.717) is 5.75 Å². The molecule has 0 saturated heterocycles. The van der Waals surface area contributed by atoms with Crippen molar-refractivity contribution in [2.45, 2.75) is 78.9 Å². The van der Waals surface area contributed by atoms with Crippen molar-refractivity contribution in [1.29, 1.82) is 0 Å². The molecule has 1 unspecified atom stereocenters. The highest BCUT2D eigenvalue weighted by Crippen LogP contribution is 2.37. The SMILES string of the molecule is CCC(C)[C@@H](c1ccc(F)cc1OC)[C@H](C)OC(=O)[C@H](C)CC(=O)OC(C)(C)C. The zero-order valence-corrected chi connectivity index (χ0v) is 18.9. The molecule has 0 amide bonds. The van der Waals surface area contributed by atoms with Crippen LogP contribution in [0.2, 0.25) is 0 Å². The third kappa shape index (κ3) is 7.67. The van der Waals surface area contributed by atoms with Crippen molar-refractivity contribution in [3.05, 3.63) is 29.6 Å². The van der Waals surface area contributed by atoms with E-state index < -0.39 is 29.6 Å². The number of rotatable bonds is 9. The Morgan fingerprint density at radius 3 is 2.28 bits per heavy atom. The van der Waals surface area contributed by atoms with E-state index in [2.05, 4.69) is 6.92 Å². The second-order valence-corrected chi connectivity index (χ2v) is 8.63. The first-order valence-corrected chi connectivity index (χ1v) is 10.1. The third-order valence-electron chi connectivity index (χ3n) is 4.91. The molecule has 1 rings (SSSR count). The second kappa shape index (κ2) is 10.6. The van der Waals surface area contributed by atoms with E-state index >= 15 is 0 Å². The molecule has 0 fully saturated rings. The fourth-order valence-electron chi connectivity index (χ4n) is 3.33. The lowest BCUT2D eigenvalue weighted by Gasteiger charge is -2.31. The zero-order valence-electron chi connectivity index (χ0n) is 18.9. The van der Waals surface area contributed by atoms with Crippen molar-refractivity contribution < 1.29 is 28.2 Å². The van der Waals surface area contributed by atoms with Gasteiger partial charge in [-0.1, -0.05) is 33.3 Å². The maximum Gasteiger partial charge on any atom is 0.309 e. The van der Waals surface area contributed by atoms with E-state index in [4.69, 9.17) is 14.2 Å². The summed E-state index contributed by atoms with van der Waals surface area (Å²) in [5, 5.41) is 0. The van der Waals surface area contributed by atoms with Gasteiger partial charge in [0.15, 0.2) is 0 Å². The average Bonchev–Trinajstić information content (AvgIpc) is 2.60. The summed E-state index contributed by atoms with van der Waals surface area (Å²) in [6.07, 6.45) is 0.329. The van der Waals surface area contributed by atoms with Crippen LogP contribution in [0, 0.1) is 17.7 Å². The molecule has 0 N–H and O–H groups in total. The van der Waals surface area contributed by atoms with Crippen molar-refractivity contribution >= 4 is 11.9 Å². The molecule has 5 nitrogen and oxygen atoms in total. The van der Waals surface area contributed by atoms with Gasteiger partial charge in [-0.2, -0.15) is 0 Å². The molecule has 0 aromatic heterocycles. The van der Waals surface area contributed by atoms with Gasteiger partial charge >= 0.3 is 11.9 Å². The summed E-state index contributed by atoms with van der Waals surface area (Å²) in [5.41, 5.74) is 0.192. The van der Waals surface area contributed by atoms with Crippen molar-refractivity contribution in [1.82, 2.24) is 0 Å². The Morgan fingerprint density at radius 1 is 1.14 bits per heavy atom. The molecular formula is C23H35FO5. The van der Waals surface area contributed by atoms with Gasteiger partial charge in [0, 0.05) is 17.5 Å². The van der Waals surface area contributed by atoms with Crippen LogP contribution in [-0.4, -0.2) is 30.8 Å². The number of ether oxygens (including phenoxy) is 3. The van der Waals surface area contributed by atoms with Gasteiger partial charge in [-0.3, -0.25) is 9.59 Å². The van der Waals surface area contributed by atoms with Crippen LogP contribution in [0.25, 0.3) is 0 Å². The van der Waals surface area contributed by atoms with Crippen LogP contribution in [0.1, 0.15) is 72.8 Å². The number of benzene rings is 1. The molecule has 0 spiro atoms. The van der Waals surface area contributed by atoms with Crippen LogP contribution >= 0.6 is 0 Å². The van der Waals surface area contributed by atoms with E-state index in [0.717, 1.165) is 12.0 Å². The first kappa shape index (κ1) is 24.9. The van der Waals surface area contributed by atoms with Gasteiger partial charge in [-0.25, -0.2) is 4.39 Å². The smallest absolute Gasteiger partial charge is 0.309 e. The van der Waals surface area contributed by atoms with Crippen molar-refractivity contribution in [2.75, 3.05) is 7.11 Å². The van der Waals surface area contributed by atoms with Crippen LogP contribution in [0.4, 0.5) is 4.39 Å². The molecule has 0 bridgehead atoms. The number of carbonyl (C=O) groups excluding carboxylic acids is 2. The lowest BCUT2D eigenvalue weighted by Crippen LogP contribution is -2.31. The fraction of sp³-hybridized carbons (Fsp3) is 0.652. The summed E-state index contributed by atoms with van der Waals surface area (Å²) in [7, 11) is 1.49. The van der Waals surface area contributed by atoms with E-state index in [-0.39, 0.29) is 24.1 Å². The number of halogens is 1. The van der Waals surface area contributed by atoms with Gasteiger partial charge in [0.05, 0.1) is 19.4 Å². The molecule has 164 valence electrons. The minimum Gasteiger partial charge on any atom is -0.496 e. The van der Waals surface area contributed by atoms with Crippen LogP contribution in [0.5, 0.6) is 5.75 Å². The maximum atomic E-state index is 13.6. The van der Waals surface area contributed by atoms with Gasteiger partial charge in [0.2, 0.25) is 0 Å². The van der Waals surface area contributed by atoms with Crippen molar-refractivity contribution in [2.24, 2.45) is 11.8 Å². The van der Waals surface area contributed by atoms with Gasteiger partial charge in [0.25, 0.3) is 0 Å². The maximum absolute atomic E-state index is 13.6. The van der Waals surface area contributed by atoms with Crippen LogP contribution in [-0.2, 0) is 19.1 Å². The van der Waals surface area contributed by atoms with Gasteiger partial charge in [-0.05, 0) is 39.7 Å². The largest absolute Gasteiger partial charge is 0.496 e. The van der Waals surface area contributed by atoms with Crippen LogP contribution in [0.15, 0.2) is 18.2 Å². The molecule has 0 aliphatic heterocycles. The van der Waals surface area contributed by atoms with Gasteiger partial charge in [-0.15, -0.1) is 0 Å². The van der Waals surface area contributed by atoms with E-state index in [1.807, 2.05) is 13.8 Å². The van der Waals surface area contributed by atoms with E-state index in [1.54, 1.807) is 33.8 Å². The number of carbonyl (C=O) groups is 2. The molecule has 0 radical (unpaired) electrons. The molecule has 0 aliphatic carbocycles. The summed E-state index contributed by atoms with van der Waals surface area (Å²) < 4.78 is 30.0. The number of esters is 2. The molecule has 0 aliphatic rings. The molecule has 1 aromatic carbocycles. The Labute approximate surface area is 173 Å². The topological polar surface area (TPSA) is 61.8 Å². The van der Waals surface area contributed by atoms with Crippen LogP contribution in [0.3, 0.4) is 0 Å². The highest BCUT2D eigenvalue weighted by atomic mass is 19.1. The first-order chi connectivity index (χ1) is 13.4. The summed E-state index contributed by atoms with van der Waals surface area (Å²) in [6, 6.07) is 4.40. The average molecular weight is 411 g/mol. The van der Waals surface area contributed by atoms with Crippen LogP contribution < -0.4 is 4.74 Å². The van der Waals surface area contributed by atoms with E-state index in [1.165, 1.54) is 19.2 Å². The standard InChI is InChI=1S/C23H35FO5/c1-9-14(2)21(18-11-10-17(24)13-19(18)27-8)16(4)28-22(26)15(3)12-20(25)29-23(5,6)7/h10-11,13-16,21H,9,12H2,1-8H3/t14?,15-,16+,21-/m1/s1. The van der Waals surface area contributed by atoms with Crippen molar-refractivity contribution in [3.63, 3.8) is 0 Å². The summed E-state index contributed by atoms with van der Waals surface area (Å²) in [5.74, 6) is -1.48. The molecule has 6 heteroatoms. The molecule has 29 heavy (non-hydrogen) atoms. The normalized spacial score (nSPS) is 15.8. The number of hydrogen-bond acceptors (Lipinski definition) is 5. The predicted octanol–water partition coefficient (Wildman–Crippen LogP) is 5.26. The summed E-state index contributed by atoms with van der Waals surface area (Å²) >= 11 is 0. The Kier molecular flexibility index (Phi) is 9.12. The quantitative estimate of drug-likeness (QED) is 0.520. The van der Waals surface area contributed by atoms with E-state index in [9.17, 15) is 14.0 Å². The van der Waals surface area contributed by atoms with Crippen molar-refractivity contribution in [3.8, 4) is 5.75 Å². The summed E-state index contributed by atoms with van der Waals surface area (Å²) in [6.45, 7) is 12.9. The lowest BCUT2D eigenvalue weighted by atomic mass is 9.81. The third-order valence-corrected chi connectivity index (χ3v) is 4.91. The Hall–Kier alpha value is -2.11. The zero-order chi connectivity index (χ0) is 22.4. The lowest BCUT2D eigenvalue weighted by molar-refractivity contribution is -0.163. The molecule has 1 aromatic rings. The first-order valence-electron chi connectivity index (χ1n) is 10.1. The molecule has 4 atom stereocenters. The Bertz CT molecular complexity index is 695. The highest BCUT2D eigenvalue weighted by Gasteiger charge is 2.32. The molecular weight excluding hydrogens is 375 g/mol.